The van der Waals surface area contributed by atoms with E-state index < -0.39 is 0 Å². The lowest BCUT2D eigenvalue weighted by Gasteiger charge is -2.32. The van der Waals surface area contributed by atoms with Crippen LogP contribution in [0.1, 0.15) is 64.7 Å². The number of rotatable bonds is 4. The van der Waals surface area contributed by atoms with Gasteiger partial charge in [0, 0.05) is 12.1 Å². The summed E-state index contributed by atoms with van der Waals surface area (Å²) in [5, 5.41) is 3.95. The third kappa shape index (κ3) is 4.55. The number of hydrogen-bond donors (Lipinski definition) is 1. The van der Waals surface area contributed by atoms with E-state index in [-0.39, 0.29) is 0 Å². The molecule has 1 unspecified atom stereocenters. The summed E-state index contributed by atoms with van der Waals surface area (Å²) in [6, 6.07) is 1.62. The molecule has 0 bridgehead atoms. The third-order valence-electron chi connectivity index (χ3n) is 4.97. The van der Waals surface area contributed by atoms with Crippen LogP contribution in [-0.2, 0) is 0 Å². The van der Waals surface area contributed by atoms with E-state index in [0.29, 0.717) is 0 Å². The van der Waals surface area contributed by atoms with Crippen LogP contribution in [0.4, 0.5) is 0 Å². The molecule has 0 radical (unpaired) electrons. The van der Waals surface area contributed by atoms with Crippen molar-refractivity contribution in [3.63, 3.8) is 0 Å². The first-order valence-corrected chi connectivity index (χ1v) is 8.22. The molecular formula is C16H32N2. The Labute approximate surface area is 114 Å². The van der Waals surface area contributed by atoms with Crippen molar-refractivity contribution < 1.29 is 0 Å². The van der Waals surface area contributed by atoms with Crippen molar-refractivity contribution in [2.24, 2.45) is 5.92 Å². The third-order valence-corrected chi connectivity index (χ3v) is 4.97. The fraction of sp³-hybridized carbons (Fsp3) is 1.00. The van der Waals surface area contributed by atoms with E-state index in [1.807, 2.05) is 0 Å². The topological polar surface area (TPSA) is 15.3 Å². The molecular weight excluding hydrogens is 220 g/mol. The van der Waals surface area contributed by atoms with Crippen molar-refractivity contribution in [2.45, 2.75) is 76.8 Å². The van der Waals surface area contributed by atoms with Gasteiger partial charge in [-0.3, -0.25) is 0 Å². The summed E-state index contributed by atoms with van der Waals surface area (Å²) in [6.07, 6.45) is 12.7. The maximum absolute atomic E-state index is 3.95. The van der Waals surface area contributed by atoms with Crippen LogP contribution in [0.15, 0.2) is 0 Å². The second-order valence-electron chi connectivity index (χ2n) is 6.60. The molecule has 2 fully saturated rings. The molecule has 1 saturated carbocycles. The largest absolute Gasteiger partial charge is 0.311 e. The maximum Gasteiger partial charge on any atom is 0.00823 e. The minimum Gasteiger partial charge on any atom is -0.311 e. The van der Waals surface area contributed by atoms with Crippen molar-refractivity contribution >= 4 is 0 Å². The minimum atomic E-state index is 0.794. The highest BCUT2D eigenvalue weighted by molar-refractivity contribution is 4.82. The van der Waals surface area contributed by atoms with Gasteiger partial charge >= 0.3 is 0 Å². The molecule has 0 aromatic rings. The summed E-state index contributed by atoms with van der Waals surface area (Å²) < 4.78 is 0. The van der Waals surface area contributed by atoms with Crippen LogP contribution in [0.5, 0.6) is 0 Å². The summed E-state index contributed by atoms with van der Waals surface area (Å²) >= 11 is 0. The van der Waals surface area contributed by atoms with Crippen molar-refractivity contribution in [1.82, 2.24) is 10.2 Å². The van der Waals surface area contributed by atoms with Crippen LogP contribution in [0.3, 0.4) is 0 Å². The van der Waals surface area contributed by atoms with Gasteiger partial charge in [0.05, 0.1) is 0 Å². The highest BCUT2D eigenvalue weighted by atomic mass is 15.1. The first kappa shape index (κ1) is 14.3. The second kappa shape index (κ2) is 7.49. The van der Waals surface area contributed by atoms with Crippen LogP contribution in [0.2, 0.25) is 0 Å². The summed E-state index contributed by atoms with van der Waals surface area (Å²) in [7, 11) is 2.26. The summed E-state index contributed by atoms with van der Waals surface area (Å²) in [5.74, 6) is 1.04. The Hall–Kier alpha value is -0.0800. The van der Waals surface area contributed by atoms with Crippen LogP contribution in [-0.4, -0.2) is 37.1 Å². The second-order valence-corrected chi connectivity index (χ2v) is 6.60. The van der Waals surface area contributed by atoms with Gasteiger partial charge in [0.15, 0.2) is 0 Å². The predicted octanol–water partition coefficient (Wildman–Crippen LogP) is 3.42. The van der Waals surface area contributed by atoms with Crippen molar-refractivity contribution in [2.75, 3.05) is 20.1 Å². The van der Waals surface area contributed by atoms with Gasteiger partial charge in [0.1, 0.15) is 0 Å². The average molecular weight is 252 g/mol. The average Bonchev–Trinajstić information content (AvgIpc) is 2.57. The molecule has 1 saturated heterocycles. The summed E-state index contributed by atoms with van der Waals surface area (Å²) in [5.41, 5.74) is 0. The molecule has 2 heteroatoms. The Morgan fingerprint density at radius 1 is 0.944 bits per heavy atom. The molecule has 106 valence electrons. The molecule has 0 amide bonds. The number of nitrogens with zero attached hydrogens (tertiary/aromatic N) is 1. The molecule has 2 aliphatic rings. The Morgan fingerprint density at radius 2 is 1.67 bits per heavy atom. The first-order valence-electron chi connectivity index (χ1n) is 8.22. The van der Waals surface area contributed by atoms with Gasteiger partial charge in [-0.25, -0.2) is 0 Å². The van der Waals surface area contributed by atoms with Gasteiger partial charge in [0.2, 0.25) is 0 Å². The van der Waals surface area contributed by atoms with Crippen LogP contribution in [0.25, 0.3) is 0 Å². The van der Waals surface area contributed by atoms with Crippen molar-refractivity contribution in [3.05, 3.63) is 0 Å². The smallest absolute Gasteiger partial charge is 0.00823 e. The normalized spacial score (nSPS) is 35.3. The molecule has 1 heterocycles. The van der Waals surface area contributed by atoms with Crippen molar-refractivity contribution in [1.29, 1.82) is 0 Å². The van der Waals surface area contributed by atoms with Gasteiger partial charge in [-0.15, -0.1) is 0 Å². The Balaban J connectivity index is 1.67. The van der Waals surface area contributed by atoms with E-state index in [0.717, 1.165) is 18.0 Å². The molecule has 0 spiro atoms. The molecule has 18 heavy (non-hydrogen) atoms. The Bertz CT molecular complexity index is 221. The van der Waals surface area contributed by atoms with Crippen LogP contribution in [0, 0.1) is 5.92 Å². The van der Waals surface area contributed by atoms with Gasteiger partial charge < -0.3 is 10.2 Å². The fourth-order valence-electron chi connectivity index (χ4n) is 3.77. The molecule has 1 aliphatic heterocycles. The monoisotopic (exact) mass is 252 g/mol. The maximum atomic E-state index is 3.95. The zero-order valence-electron chi connectivity index (χ0n) is 12.5. The molecule has 2 nitrogen and oxygen atoms in total. The standard InChI is InChI=1S/C16H32N2/c1-3-5-14-7-9-16(10-8-14)17-15-6-4-12-18(2)13-11-15/h14-17H,3-13H2,1-2H3. The van der Waals surface area contributed by atoms with Gasteiger partial charge in [-0.05, 0) is 71.0 Å². The van der Waals surface area contributed by atoms with Gasteiger partial charge in [0.25, 0.3) is 0 Å². The fourth-order valence-corrected chi connectivity index (χ4v) is 3.77. The minimum absolute atomic E-state index is 0.794. The van der Waals surface area contributed by atoms with Crippen molar-refractivity contribution in [3.8, 4) is 0 Å². The lowest BCUT2D eigenvalue weighted by molar-refractivity contribution is 0.255. The quantitative estimate of drug-likeness (QED) is 0.825. The Morgan fingerprint density at radius 3 is 2.39 bits per heavy atom. The van der Waals surface area contributed by atoms with Crippen LogP contribution >= 0.6 is 0 Å². The molecule has 0 aromatic carbocycles. The Kier molecular flexibility index (Phi) is 5.97. The molecule has 1 atom stereocenters. The van der Waals surface area contributed by atoms with E-state index >= 15 is 0 Å². The van der Waals surface area contributed by atoms with E-state index in [1.54, 1.807) is 0 Å². The number of hydrogen-bond acceptors (Lipinski definition) is 2. The highest BCUT2D eigenvalue weighted by Crippen LogP contribution is 2.28. The van der Waals surface area contributed by atoms with E-state index in [4.69, 9.17) is 0 Å². The molecule has 0 aromatic heterocycles. The van der Waals surface area contributed by atoms with E-state index in [1.165, 1.54) is 70.9 Å². The zero-order valence-corrected chi connectivity index (χ0v) is 12.5. The molecule has 1 aliphatic carbocycles. The molecule has 1 N–H and O–H groups in total. The summed E-state index contributed by atoms with van der Waals surface area (Å²) in [4.78, 5) is 2.49. The highest BCUT2D eigenvalue weighted by Gasteiger charge is 2.23. The predicted molar refractivity (Wildman–Crippen MR) is 78.9 cm³/mol. The van der Waals surface area contributed by atoms with Crippen LogP contribution < -0.4 is 5.32 Å². The molecule has 2 rings (SSSR count). The van der Waals surface area contributed by atoms with E-state index in [9.17, 15) is 0 Å². The number of nitrogens with one attached hydrogen (secondary N) is 1. The zero-order chi connectivity index (χ0) is 12.8. The lowest BCUT2D eigenvalue weighted by Crippen LogP contribution is -2.41. The van der Waals surface area contributed by atoms with Gasteiger partial charge in [-0.1, -0.05) is 19.8 Å². The SMILES string of the molecule is CCCC1CCC(NC2CCCN(C)CC2)CC1. The van der Waals surface area contributed by atoms with E-state index in [2.05, 4.69) is 24.2 Å². The van der Waals surface area contributed by atoms with Gasteiger partial charge in [-0.2, -0.15) is 0 Å². The summed E-state index contributed by atoms with van der Waals surface area (Å²) in [6.45, 7) is 4.90. The lowest BCUT2D eigenvalue weighted by atomic mass is 9.83. The number of likely N-dealkylation sites (tertiary alicyclic amines) is 1. The first-order chi connectivity index (χ1) is 8.78.